The monoisotopic (exact) mass is 340 g/mol. The Balaban J connectivity index is 2.04. The largest absolute Gasteiger partial charge is 0.490 e. The van der Waals surface area contributed by atoms with Crippen molar-refractivity contribution in [2.75, 3.05) is 27.2 Å². The van der Waals surface area contributed by atoms with Crippen LogP contribution in [-0.2, 0) is 23.6 Å². The fraction of sp³-hybridized carbons (Fsp3) is 0.462. The van der Waals surface area contributed by atoms with Crippen LogP contribution in [0.1, 0.15) is 5.56 Å². The molecule has 2 aromatic heterocycles. The SMILES string of the molecule is CN(C)CCOc1cnccc1CNS(=O)(=O)c1cnnn1C. The number of likely N-dealkylation sites (N-methyl/N-ethyl adjacent to an activating group) is 1. The molecule has 0 unspecified atom stereocenters. The lowest BCUT2D eigenvalue weighted by molar-refractivity contribution is 0.258. The summed E-state index contributed by atoms with van der Waals surface area (Å²) < 4.78 is 33.8. The first-order valence-corrected chi connectivity index (χ1v) is 8.43. The number of ether oxygens (including phenoxy) is 1. The molecule has 2 aromatic rings. The highest BCUT2D eigenvalue weighted by molar-refractivity contribution is 7.89. The number of hydrogen-bond donors (Lipinski definition) is 1. The van der Waals surface area contributed by atoms with Crippen LogP contribution in [0.5, 0.6) is 5.75 Å². The van der Waals surface area contributed by atoms with E-state index in [-0.39, 0.29) is 11.6 Å². The summed E-state index contributed by atoms with van der Waals surface area (Å²) >= 11 is 0. The molecule has 0 aromatic carbocycles. The number of rotatable bonds is 8. The maximum Gasteiger partial charge on any atom is 0.259 e. The maximum absolute atomic E-state index is 12.2. The molecule has 0 saturated carbocycles. The third kappa shape index (κ3) is 4.71. The van der Waals surface area contributed by atoms with Crippen LogP contribution in [0, 0.1) is 0 Å². The van der Waals surface area contributed by atoms with Gasteiger partial charge in [0.1, 0.15) is 12.4 Å². The average Bonchev–Trinajstić information content (AvgIpc) is 2.93. The van der Waals surface area contributed by atoms with Gasteiger partial charge in [0.15, 0.2) is 5.03 Å². The van der Waals surface area contributed by atoms with E-state index >= 15 is 0 Å². The summed E-state index contributed by atoms with van der Waals surface area (Å²) in [4.78, 5) is 6.01. The number of aromatic nitrogens is 4. The van der Waals surface area contributed by atoms with Crippen LogP contribution in [0.3, 0.4) is 0 Å². The van der Waals surface area contributed by atoms with E-state index in [0.29, 0.717) is 17.9 Å². The molecule has 23 heavy (non-hydrogen) atoms. The van der Waals surface area contributed by atoms with E-state index in [1.54, 1.807) is 18.5 Å². The van der Waals surface area contributed by atoms with Crippen molar-refractivity contribution >= 4 is 10.0 Å². The number of pyridine rings is 1. The van der Waals surface area contributed by atoms with Crippen LogP contribution in [-0.4, -0.2) is 60.5 Å². The molecular weight excluding hydrogens is 320 g/mol. The second-order valence-corrected chi connectivity index (χ2v) is 6.87. The highest BCUT2D eigenvalue weighted by Gasteiger charge is 2.19. The van der Waals surface area contributed by atoms with Gasteiger partial charge in [-0.05, 0) is 20.2 Å². The topological polar surface area (TPSA) is 102 Å². The zero-order valence-electron chi connectivity index (χ0n) is 13.3. The van der Waals surface area contributed by atoms with E-state index in [1.807, 2.05) is 19.0 Å². The number of nitrogens with one attached hydrogen (secondary N) is 1. The van der Waals surface area contributed by atoms with Gasteiger partial charge in [-0.25, -0.2) is 17.8 Å². The normalized spacial score (nSPS) is 11.8. The minimum atomic E-state index is -3.69. The summed E-state index contributed by atoms with van der Waals surface area (Å²) in [5.41, 5.74) is 0.706. The van der Waals surface area contributed by atoms with Gasteiger partial charge >= 0.3 is 0 Å². The molecule has 10 heteroatoms. The van der Waals surface area contributed by atoms with Gasteiger partial charge in [-0.2, -0.15) is 0 Å². The van der Waals surface area contributed by atoms with Gasteiger partial charge < -0.3 is 9.64 Å². The summed E-state index contributed by atoms with van der Waals surface area (Å²) in [5.74, 6) is 0.556. The lowest BCUT2D eigenvalue weighted by Gasteiger charge is -2.14. The molecule has 0 amide bonds. The molecule has 0 radical (unpaired) electrons. The molecule has 0 aliphatic carbocycles. The Bertz CT molecular complexity index is 744. The third-order valence-corrected chi connectivity index (χ3v) is 4.51. The summed E-state index contributed by atoms with van der Waals surface area (Å²) in [6.45, 7) is 1.33. The first kappa shape index (κ1) is 17.3. The molecule has 2 heterocycles. The minimum absolute atomic E-state index is 0.00151. The van der Waals surface area contributed by atoms with Crippen LogP contribution in [0.15, 0.2) is 29.7 Å². The Morgan fingerprint density at radius 1 is 1.35 bits per heavy atom. The Morgan fingerprint density at radius 2 is 2.13 bits per heavy atom. The van der Waals surface area contributed by atoms with Gasteiger partial charge in [-0.1, -0.05) is 5.21 Å². The lowest BCUT2D eigenvalue weighted by Crippen LogP contribution is -2.26. The molecule has 0 bridgehead atoms. The average molecular weight is 340 g/mol. The smallest absolute Gasteiger partial charge is 0.259 e. The van der Waals surface area contributed by atoms with Crippen molar-refractivity contribution in [2.24, 2.45) is 7.05 Å². The van der Waals surface area contributed by atoms with Crippen molar-refractivity contribution in [2.45, 2.75) is 11.6 Å². The zero-order valence-corrected chi connectivity index (χ0v) is 14.1. The molecule has 0 fully saturated rings. The summed E-state index contributed by atoms with van der Waals surface area (Å²) in [5, 5.41) is 7.19. The van der Waals surface area contributed by atoms with E-state index in [4.69, 9.17) is 4.74 Å². The van der Waals surface area contributed by atoms with Crippen molar-refractivity contribution in [3.05, 3.63) is 30.2 Å². The molecule has 2 rings (SSSR count). The number of sulfonamides is 1. The minimum Gasteiger partial charge on any atom is -0.490 e. The van der Waals surface area contributed by atoms with Gasteiger partial charge in [0.05, 0.1) is 12.4 Å². The van der Waals surface area contributed by atoms with Crippen molar-refractivity contribution in [3.63, 3.8) is 0 Å². The third-order valence-electron chi connectivity index (χ3n) is 3.07. The maximum atomic E-state index is 12.2. The Labute approximate surface area is 135 Å². The molecule has 0 atom stereocenters. The number of nitrogens with zero attached hydrogens (tertiary/aromatic N) is 5. The van der Waals surface area contributed by atoms with Crippen LogP contribution in [0.4, 0.5) is 0 Å². The highest BCUT2D eigenvalue weighted by Crippen LogP contribution is 2.17. The summed E-state index contributed by atoms with van der Waals surface area (Å²) in [6.07, 6.45) is 4.36. The van der Waals surface area contributed by atoms with E-state index in [2.05, 4.69) is 20.0 Å². The molecule has 9 nitrogen and oxygen atoms in total. The van der Waals surface area contributed by atoms with Crippen molar-refractivity contribution in [1.29, 1.82) is 0 Å². The van der Waals surface area contributed by atoms with Crippen molar-refractivity contribution in [3.8, 4) is 5.75 Å². The van der Waals surface area contributed by atoms with E-state index < -0.39 is 10.0 Å². The van der Waals surface area contributed by atoms with Gasteiger partial charge in [0.25, 0.3) is 10.0 Å². The Morgan fingerprint density at radius 3 is 2.78 bits per heavy atom. The fourth-order valence-corrected chi connectivity index (χ4v) is 2.86. The van der Waals surface area contributed by atoms with E-state index in [9.17, 15) is 8.42 Å². The quantitative estimate of drug-likeness (QED) is 0.699. The predicted molar refractivity (Wildman–Crippen MR) is 83.3 cm³/mol. The highest BCUT2D eigenvalue weighted by atomic mass is 32.2. The van der Waals surface area contributed by atoms with Crippen molar-refractivity contribution < 1.29 is 13.2 Å². The first-order valence-electron chi connectivity index (χ1n) is 6.95. The molecule has 0 saturated heterocycles. The predicted octanol–water partition coefficient (Wildman–Crippen LogP) is -0.371. The second-order valence-electron chi connectivity index (χ2n) is 5.16. The van der Waals surface area contributed by atoms with Gasteiger partial charge in [0, 0.05) is 31.9 Å². The summed E-state index contributed by atoms with van der Waals surface area (Å²) in [7, 11) is 1.72. The number of aryl methyl sites for hydroxylation is 1. The molecule has 1 N–H and O–H groups in total. The van der Waals surface area contributed by atoms with Crippen LogP contribution < -0.4 is 9.46 Å². The zero-order chi connectivity index (χ0) is 16.9. The van der Waals surface area contributed by atoms with Crippen molar-refractivity contribution in [1.82, 2.24) is 29.6 Å². The van der Waals surface area contributed by atoms with E-state index in [1.165, 1.54) is 17.9 Å². The molecule has 0 aliphatic heterocycles. The van der Waals surface area contributed by atoms with E-state index in [0.717, 1.165) is 6.54 Å². The van der Waals surface area contributed by atoms with Crippen LogP contribution in [0.2, 0.25) is 0 Å². The summed E-state index contributed by atoms with van der Waals surface area (Å²) in [6, 6.07) is 1.72. The molecular formula is C13H20N6O3S. The van der Waals surface area contributed by atoms with Gasteiger partial charge in [-0.15, -0.1) is 5.10 Å². The molecule has 126 valence electrons. The lowest BCUT2D eigenvalue weighted by atomic mass is 10.2. The molecule has 0 aliphatic rings. The Hall–Kier alpha value is -2.04. The number of hydrogen-bond acceptors (Lipinski definition) is 7. The second kappa shape index (κ2) is 7.49. The first-order chi connectivity index (χ1) is 10.9. The van der Waals surface area contributed by atoms with Gasteiger partial charge in [-0.3, -0.25) is 4.98 Å². The van der Waals surface area contributed by atoms with Crippen LogP contribution >= 0.6 is 0 Å². The van der Waals surface area contributed by atoms with Crippen LogP contribution in [0.25, 0.3) is 0 Å². The Kier molecular flexibility index (Phi) is 5.64. The standard InChI is InChI=1S/C13H20N6O3S/c1-18(2)6-7-22-12-9-14-5-4-11(12)8-16-23(20,21)13-10-15-17-19(13)3/h4-5,9-10,16H,6-8H2,1-3H3. The molecule has 0 spiro atoms. The fourth-order valence-electron chi connectivity index (χ4n) is 1.79. The van der Waals surface area contributed by atoms with Gasteiger partial charge in [0.2, 0.25) is 0 Å².